The fourth-order valence-electron chi connectivity index (χ4n) is 1.84. The number of anilines is 1. The predicted molar refractivity (Wildman–Crippen MR) is 87.5 cm³/mol. The van der Waals surface area contributed by atoms with Gasteiger partial charge in [-0.25, -0.2) is 4.98 Å². The van der Waals surface area contributed by atoms with E-state index in [1.54, 1.807) is 11.8 Å². The van der Waals surface area contributed by atoms with Crippen molar-refractivity contribution in [3.05, 3.63) is 40.4 Å². The molecule has 110 valence electrons. The zero-order valence-corrected chi connectivity index (χ0v) is 13.5. The smallest absolute Gasteiger partial charge is 0.223 e. The molecule has 0 spiro atoms. The summed E-state index contributed by atoms with van der Waals surface area (Å²) in [4.78, 5) is 28.4. The monoisotopic (exact) mass is 320 g/mol. The van der Waals surface area contributed by atoms with Gasteiger partial charge in [0.25, 0.3) is 0 Å². The van der Waals surface area contributed by atoms with Crippen molar-refractivity contribution < 1.29 is 9.59 Å². The number of hydrogen-bond acceptors (Lipinski definition) is 5. The first-order chi connectivity index (χ1) is 10.1. The molecule has 0 unspecified atom stereocenters. The van der Waals surface area contributed by atoms with Crippen LogP contribution in [0.15, 0.2) is 29.2 Å². The number of nitrogens with zero attached hydrogens (tertiary/aromatic N) is 1. The Morgan fingerprint density at radius 1 is 1.38 bits per heavy atom. The van der Waals surface area contributed by atoms with E-state index in [0.717, 1.165) is 22.5 Å². The van der Waals surface area contributed by atoms with Gasteiger partial charge in [-0.15, -0.1) is 23.1 Å². The molecule has 0 fully saturated rings. The predicted octanol–water partition coefficient (Wildman–Crippen LogP) is 3.62. The zero-order valence-electron chi connectivity index (χ0n) is 11.9. The van der Waals surface area contributed by atoms with E-state index in [2.05, 4.69) is 41.5 Å². The Morgan fingerprint density at radius 3 is 2.67 bits per heavy atom. The highest BCUT2D eigenvalue weighted by Gasteiger charge is 2.12. The first-order valence-electron chi connectivity index (χ1n) is 6.56. The minimum Gasteiger partial charge on any atom is -0.302 e. The summed E-state index contributed by atoms with van der Waals surface area (Å²) in [6.45, 7) is 3.54. The molecule has 0 radical (unpaired) electrons. The van der Waals surface area contributed by atoms with Crippen LogP contribution in [0.3, 0.4) is 0 Å². The number of amides is 1. The van der Waals surface area contributed by atoms with Gasteiger partial charge in [0.05, 0.1) is 0 Å². The number of carbonyl (C=O) groups is 2. The molecule has 1 aromatic heterocycles. The second-order valence-corrected chi connectivity index (χ2v) is 6.80. The average Bonchev–Trinajstić information content (AvgIpc) is 2.82. The van der Waals surface area contributed by atoms with Gasteiger partial charge in [0.1, 0.15) is 5.69 Å². The average molecular weight is 320 g/mol. The molecule has 6 heteroatoms. The van der Waals surface area contributed by atoms with E-state index < -0.39 is 0 Å². The van der Waals surface area contributed by atoms with Crippen LogP contribution in [0.4, 0.5) is 5.13 Å². The summed E-state index contributed by atoms with van der Waals surface area (Å²) in [5.74, 6) is 0.859. The zero-order chi connectivity index (χ0) is 15.2. The van der Waals surface area contributed by atoms with Crippen molar-refractivity contribution in [2.24, 2.45) is 0 Å². The minimum atomic E-state index is -0.186. The summed E-state index contributed by atoms with van der Waals surface area (Å²) < 4.78 is 0. The Kier molecular flexibility index (Phi) is 5.52. The summed E-state index contributed by atoms with van der Waals surface area (Å²) in [5, 5.41) is 3.09. The van der Waals surface area contributed by atoms with Crippen LogP contribution < -0.4 is 5.32 Å². The molecule has 0 saturated heterocycles. The fraction of sp³-hybridized carbons (Fsp3) is 0.267. The number of aldehydes is 1. The van der Waals surface area contributed by atoms with Crippen LogP contribution in [0.5, 0.6) is 0 Å². The van der Waals surface area contributed by atoms with E-state index in [0.29, 0.717) is 17.2 Å². The Hall–Kier alpha value is -1.66. The third kappa shape index (κ3) is 4.41. The van der Waals surface area contributed by atoms with E-state index in [1.807, 2.05) is 0 Å². The van der Waals surface area contributed by atoms with Crippen molar-refractivity contribution >= 4 is 40.4 Å². The largest absolute Gasteiger partial charge is 0.302 e. The van der Waals surface area contributed by atoms with Crippen LogP contribution in [0.25, 0.3) is 0 Å². The lowest BCUT2D eigenvalue weighted by molar-refractivity contribution is -0.114. The Labute approximate surface area is 132 Å². The third-order valence-corrected chi connectivity index (χ3v) is 4.60. The highest BCUT2D eigenvalue weighted by Crippen LogP contribution is 2.26. The molecule has 0 bridgehead atoms. The molecule has 0 aliphatic heterocycles. The SMILES string of the molecule is CCSc1ccc(Cc2sc(NC(C)=O)nc2C=O)cc1. The molecule has 4 nitrogen and oxygen atoms in total. The van der Waals surface area contributed by atoms with Gasteiger partial charge >= 0.3 is 0 Å². The number of benzene rings is 1. The van der Waals surface area contributed by atoms with Crippen molar-refractivity contribution in [2.45, 2.75) is 25.2 Å². The Bertz CT molecular complexity index is 636. The molecule has 0 aliphatic carbocycles. The molecular formula is C15H16N2O2S2. The van der Waals surface area contributed by atoms with Crippen LogP contribution >= 0.6 is 23.1 Å². The van der Waals surface area contributed by atoms with Crippen molar-refractivity contribution in [3.8, 4) is 0 Å². The van der Waals surface area contributed by atoms with Crippen LogP contribution in [0.1, 0.15) is 34.8 Å². The number of nitrogens with one attached hydrogen (secondary N) is 1. The van der Waals surface area contributed by atoms with E-state index in [9.17, 15) is 9.59 Å². The standard InChI is InChI=1S/C15H16N2O2S2/c1-3-20-12-6-4-11(5-7-12)8-14-13(9-18)17-15(21-14)16-10(2)19/h4-7,9H,3,8H2,1-2H3,(H,16,17,19). The fourth-order valence-corrected chi connectivity index (χ4v) is 3.51. The van der Waals surface area contributed by atoms with E-state index in [4.69, 9.17) is 0 Å². The maximum Gasteiger partial charge on any atom is 0.223 e. The summed E-state index contributed by atoms with van der Waals surface area (Å²) in [7, 11) is 0. The molecule has 1 heterocycles. The number of carbonyl (C=O) groups excluding carboxylic acids is 2. The van der Waals surface area contributed by atoms with E-state index >= 15 is 0 Å². The molecule has 1 N–H and O–H groups in total. The molecule has 1 amide bonds. The molecule has 0 aliphatic rings. The van der Waals surface area contributed by atoms with Gasteiger partial charge in [-0.3, -0.25) is 9.59 Å². The number of hydrogen-bond donors (Lipinski definition) is 1. The van der Waals surface area contributed by atoms with Gasteiger partial charge in [0.2, 0.25) is 5.91 Å². The molecule has 0 atom stereocenters. The molecule has 2 aromatic rings. The number of thiazole rings is 1. The number of aromatic nitrogens is 1. The van der Waals surface area contributed by atoms with Gasteiger partial charge in [-0.05, 0) is 23.4 Å². The second-order valence-electron chi connectivity index (χ2n) is 4.38. The lowest BCUT2D eigenvalue weighted by atomic mass is 10.1. The molecule has 0 saturated carbocycles. The highest BCUT2D eigenvalue weighted by atomic mass is 32.2. The van der Waals surface area contributed by atoms with Crippen LogP contribution in [0, 0.1) is 0 Å². The Morgan fingerprint density at radius 2 is 2.10 bits per heavy atom. The lowest BCUT2D eigenvalue weighted by Crippen LogP contribution is -2.05. The number of thioether (sulfide) groups is 1. The number of rotatable bonds is 6. The second kappa shape index (κ2) is 7.38. The van der Waals surface area contributed by atoms with Gasteiger partial charge in [-0.1, -0.05) is 19.1 Å². The summed E-state index contributed by atoms with van der Waals surface area (Å²) in [6.07, 6.45) is 1.38. The molecule has 2 rings (SSSR count). The summed E-state index contributed by atoms with van der Waals surface area (Å²) >= 11 is 3.14. The summed E-state index contributed by atoms with van der Waals surface area (Å²) in [5.41, 5.74) is 1.52. The molecule has 21 heavy (non-hydrogen) atoms. The van der Waals surface area contributed by atoms with Crippen molar-refractivity contribution in [2.75, 3.05) is 11.1 Å². The van der Waals surface area contributed by atoms with Crippen molar-refractivity contribution in [3.63, 3.8) is 0 Å². The lowest BCUT2D eigenvalue weighted by Gasteiger charge is -2.02. The first-order valence-corrected chi connectivity index (χ1v) is 8.36. The normalized spacial score (nSPS) is 10.4. The van der Waals surface area contributed by atoms with Crippen LogP contribution in [-0.2, 0) is 11.2 Å². The third-order valence-electron chi connectivity index (χ3n) is 2.72. The maximum atomic E-state index is 11.1. The van der Waals surface area contributed by atoms with Crippen LogP contribution in [-0.4, -0.2) is 22.9 Å². The van der Waals surface area contributed by atoms with Gasteiger partial charge in [0, 0.05) is 23.1 Å². The van der Waals surface area contributed by atoms with Crippen molar-refractivity contribution in [1.29, 1.82) is 0 Å². The minimum absolute atomic E-state index is 0.186. The van der Waals surface area contributed by atoms with Gasteiger partial charge in [-0.2, -0.15) is 0 Å². The maximum absolute atomic E-state index is 11.1. The van der Waals surface area contributed by atoms with Gasteiger partial charge < -0.3 is 5.32 Å². The molecule has 1 aromatic carbocycles. The highest BCUT2D eigenvalue weighted by molar-refractivity contribution is 7.99. The van der Waals surface area contributed by atoms with Gasteiger partial charge in [0.15, 0.2) is 11.4 Å². The Balaban J connectivity index is 2.16. The topological polar surface area (TPSA) is 59.1 Å². The first kappa shape index (κ1) is 15.7. The van der Waals surface area contributed by atoms with Crippen LogP contribution in [0.2, 0.25) is 0 Å². The van der Waals surface area contributed by atoms with E-state index in [1.165, 1.54) is 23.2 Å². The van der Waals surface area contributed by atoms with Crippen molar-refractivity contribution in [1.82, 2.24) is 4.98 Å². The molecular weight excluding hydrogens is 304 g/mol. The van der Waals surface area contributed by atoms with E-state index in [-0.39, 0.29) is 5.91 Å². The summed E-state index contributed by atoms with van der Waals surface area (Å²) in [6, 6.07) is 8.29. The quantitative estimate of drug-likeness (QED) is 0.652.